The first kappa shape index (κ1) is 18.3. The zero-order valence-corrected chi connectivity index (χ0v) is 16.3. The highest BCUT2D eigenvalue weighted by molar-refractivity contribution is 6.00. The monoisotopic (exact) mass is 391 g/mol. The van der Waals surface area contributed by atoms with E-state index in [1.807, 2.05) is 35.2 Å². The summed E-state index contributed by atoms with van der Waals surface area (Å²) in [5.74, 6) is -0.442. The summed E-state index contributed by atoms with van der Waals surface area (Å²) in [6.45, 7) is 2.56. The van der Waals surface area contributed by atoms with Crippen LogP contribution in [0.25, 0.3) is 0 Å². The van der Waals surface area contributed by atoms with Gasteiger partial charge in [0.1, 0.15) is 0 Å². The van der Waals surface area contributed by atoms with Crippen molar-refractivity contribution in [2.75, 3.05) is 13.1 Å². The number of hydroxylamine groups is 1. The van der Waals surface area contributed by atoms with E-state index < -0.39 is 5.91 Å². The van der Waals surface area contributed by atoms with E-state index >= 15 is 0 Å². The molecule has 0 aromatic heterocycles. The molecule has 29 heavy (non-hydrogen) atoms. The minimum atomic E-state index is -0.537. The number of amides is 2. The number of nitrogens with one attached hydrogen (secondary N) is 1. The molecule has 2 heterocycles. The van der Waals surface area contributed by atoms with Gasteiger partial charge in [-0.3, -0.25) is 14.8 Å². The lowest BCUT2D eigenvalue weighted by Crippen LogP contribution is -2.51. The summed E-state index contributed by atoms with van der Waals surface area (Å²) in [5.41, 5.74) is 4.75. The molecule has 2 aromatic rings. The van der Waals surface area contributed by atoms with Crippen molar-refractivity contribution in [1.82, 2.24) is 15.3 Å². The number of rotatable bonds is 4. The fourth-order valence-electron chi connectivity index (χ4n) is 5.03. The van der Waals surface area contributed by atoms with Crippen LogP contribution in [0.3, 0.4) is 0 Å². The van der Waals surface area contributed by atoms with E-state index in [0.29, 0.717) is 12.1 Å². The molecule has 2 amide bonds. The van der Waals surface area contributed by atoms with E-state index in [0.717, 1.165) is 48.7 Å². The van der Waals surface area contributed by atoms with Crippen LogP contribution in [0.15, 0.2) is 48.5 Å². The highest BCUT2D eigenvalue weighted by Crippen LogP contribution is 2.48. The first-order valence-electron chi connectivity index (χ1n) is 10.3. The van der Waals surface area contributed by atoms with Crippen LogP contribution in [0.4, 0.5) is 0 Å². The first-order chi connectivity index (χ1) is 14.1. The number of nitrogens with zero attached hydrogens (tertiary/aromatic N) is 2. The van der Waals surface area contributed by atoms with Crippen molar-refractivity contribution in [1.29, 1.82) is 0 Å². The maximum absolute atomic E-state index is 13.3. The molecule has 5 rings (SSSR count). The first-order valence-corrected chi connectivity index (χ1v) is 10.3. The van der Waals surface area contributed by atoms with Crippen molar-refractivity contribution < 1.29 is 14.8 Å². The topological polar surface area (TPSA) is 72.9 Å². The van der Waals surface area contributed by atoms with E-state index in [9.17, 15) is 9.59 Å². The van der Waals surface area contributed by atoms with E-state index in [-0.39, 0.29) is 11.4 Å². The number of fused-ring (bicyclic) bond motifs is 2. The Morgan fingerprint density at radius 3 is 2.41 bits per heavy atom. The lowest BCUT2D eigenvalue weighted by Gasteiger charge is -2.45. The Hall–Kier alpha value is -2.70. The van der Waals surface area contributed by atoms with Gasteiger partial charge < -0.3 is 9.80 Å². The van der Waals surface area contributed by atoms with E-state index in [2.05, 4.69) is 11.0 Å². The van der Waals surface area contributed by atoms with Crippen LogP contribution in [0.2, 0.25) is 0 Å². The van der Waals surface area contributed by atoms with Crippen molar-refractivity contribution in [2.45, 2.75) is 43.8 Å². The zero-order chi connectivity index (χ0) is 20.0. The molecular weight excluding hydrogens is 366 g/mol. The Morgan fingerprint density at radius 1 is 1.07 bits per heavy atom. The molecule has 6 heteroatoms. The third kappa shape index (κ3) is 3.03. The van der Waals surface area contributed by atoms with Crippen LogP contribution in [0, 0.1) is 0 Å². The van der Waals surface area contributed by atoms with Gasteiger partial charge in [0.2, 0.25) is 0 Å². The summed E-state index contributed by atoms with van der Waals surface area (Å²) >= 11 is 0. The van der Waals surface area contributed by atoms with Gasteiger partial charge in [-0.15, -0.1) is 0 Å². The molecule has 2 aliphatic heterocycles. The summed E-state index contributed by atoms with van der Waals surface area (Å²) < 4.78 is 0. The number of benzene rings is 2. The van der Waals surface area contributed by atoms with Gasteiger partial charge in [-0.1, -0.05) is 30.3 Å². The fraction of sp³-hybridized carbons (Fsp3) is 0.391. The zero-order valence-electron chi connectivity index (χ0n) is 16.3. The van der Waals surface area contributed by atoms with E-state index in [1.54, 1.807) is 17.6 Å². The number of likely N-dealkylation sites (tertiary alicyclic amines) is 1. The van der Waals surface area contributed by atoms with Crippen LogP contribution >= 0.6 is 0 Å². The second-order valence-electron chi connectivity index (χ2n) is 8.37. The minimum Gasteiger partial charge on any atom is -0.324 e. The standard InChI is InChI=1S/C23H25N3O3/c27-21(24-29)17-7-5-16(6-8-17)15-26-22(28)19-3-1-2-4-20(19)23(26)11-13-25(14-12-23)18-9-10-18/h1-8,18,29H,9-15H2,(H,24,27). The molecule has 6 nitrogen and oxygen atoms in total. The van der Waals surface area contributed by atoms with Crippen LogP contribution in [0.1, 0.15) is 57.5 Å². The van der Waals surface area contributed by atoms with Gasteiger partial charge >= 0.3 is 0 Å². The number of piperidine rings is 1. The van der Waals surface area contributed by atoms with E-state index in [1.165, 1.54) is 12.8 Å². The van der Waals surface area contributed by atoms with Crippen molar-refractivity contribution in [3.05, 3.63) is 70.8 Å². The molecule has 0 atom stereocenters. The van der Waals surface area contributed by atoms with Crippen molar-refractivity contribution in [2.24, 2.45) is 0 Å². The normalized spacial score (nSPS) is 20.7. The largest absolute Gasteiger partial charge is 0.324 e. The average molecular weight is 391 g/mol. The number of carbonyl (C=O) groups excluding carboxylic acids is 2. The fourth-order valence-corrected chi connectivity index (χ4v) is 5.03. The van der Waals surface area contributed by atoms with Crippen molar-refractivity contribution >= 4 is 11.8 Å². The third-order valence-electron chi connectivity index (χ3n) is 6.77. The lowest BCUT2D eigenvalue weighted by atomic mass is 9.80. The van der Waals surface area contributed by atoms with E-state index in [4.69, 9.17) is 5.21 Å². The van der Waals surface area contributed by atoms with Crippen LogP contribution in [-0.2, 0) is 12.1 Å². The van der Waals surface area contributed by atoms with Crippen LogP contribution in [0.5, 0.6) is 0 Å². The Kier molecular flexibility index (Phi) is 4.41. The van der Waals surface area contributed by atoms with Gasteiger partial charge in [0, 0.05) is 36.8 Å². The SMILES string of the molecule is O=C(NO)c1ccc(CN2C(=O)c3ccccc3C23CCN(C2CC2)CC3)cc1. The highest BCUT2D eigenvalue weighted by atomic mass is 16.5. The average Bonchev–Trinajstić information content (AvgIpc) is 3.59. The summed E-state index contributed by atoms with van der Waals surface area (Å²) in [6, 6.07) is 15.9. The Bertz CT molecular complexity index is 944. The predicted octanol–water partition coefficient (Wildman–Crippen LogP) is 2.92. The third-order valence-corrected chi connectivity index (χ3v) is 6.77. The summed E-state index contributed by atoms with van der Waals surface area (Å²) in [4.78, 5) is 29.5. The highest BCUT2D eigenvalue weighted by Gasteiger charge is 2.51. The molecule has 0 bridgehead atoms. The summed E-state index contributed by atoms with van der Waals surface area (Å²) in [5, 5.41) is 8.80. The molecule has 0 radical (unpaired) electrons. The maximum Gasteiger partial charge on any atom is 0.274 e. The minimum absolute atomic E-state index is 0.0950. The maximum atomic E-state index is 13.3. The van der Waals surface area contributed by atoms with Gasteiger partial charge in [0.05, 0.1) is 5.54 Å². The molecule has 0 unspecified atom stereocenters. The van der Waals surface area contributed by atoms with Gasteiger partial charge in [0.25, 0.3) is 11.8 Å². The van der Waals surface area contributed by atoms with Crippen LogP contribution < -0.4 is 5.48 Å². The predicted molar refractivity (Wildman–Crippen MR) is 108 cm³/mol. The Labute approximate surface area is 170 Å². The van der Waals surface area contributed by atoms with Crippen molar-refractivity contribution in [3.63, 3.8) is 0 Å². The molecule has 2 N–H and O–H groups in total. The second-order valence-corrected chi connectivity index (χ2v) is 8.37. The molecule has 1 saturated heterocycles. The Balaban J connectivity index is 1.44. The summed E-state index contributed by atoms with van der Waals surface area (Å²) in [7, 11) is 0. The smallest absolute Gasteiger partial charge is 0.274 e. The van der Waals surface area contributed by atoms with Gasteiger partial charge in [-0.05, 0) is 55.0 Å². The molecule has 3 aliphatic rings. The summed E-state index contributed by atoms with van der Waals surface area (Å²) in [6.07, 6.45) is 4.52. The number of hydrogen-bond donors (Lipinski definition) is 2. The number of hydrogen-bond acceptors (Lipinski definition) is 4. The van der Waals surface area contributed by atoms with Gasteiger partial charge in [0.15, 0.2) is 0 Å². The van der Waals surface area contributed by atoms with Crippen LogP contribution in [-0.4, -0.2) is 46.0 Å². The quantitative estimate of drug-likeness (QED) is 0.621. The Morgan fingerprint density at radius 2 is 1.76 bits per heavy atom. The molecule has 2 aromatic carbocycles. The molecule has 1 spiro atoms. The van der Waals surface area contributed by atoms with Crippen molar-refractivity contribution in [3.8, 4) is 0 Å². The molecule has 1 saturated carbocycles. The number of carbonyl (C=O) groups is 2. The lowest BCUT2D eigenvalue weighted by molar-refractivity contribution is 0.0215. The molecule has 2 fully saturated rings. The second kappa shape index (κ2) is 6.97. The molecule has 150 valence electrons. The molecule has 1 aliphatic carbocycles. The van der Waals surface area contributed by atoms with Gasteiger partial charge in [-0.2, -0.15) is 0 Å². The molecular formula is C23H25N3O3. The van der Waals surface area contributed by atoms with Gasteiger partial charge in [-0.25, -0.2) is 5.48 Å².